The summed E-state index contributed by atoms with van der Waals surface area (Å²) in [5, 5.41) is 18.1. The van der Waals surface area contributed by atoms with Crippen molar-refractivity contribution < 1.29 is 9.59 Å². The summed E-state index contributed by atoms with van der Waals surface area (Å²) in [6, 6.07) is 13.7. The molecule has 0 spiro atoms. The first-order valence-electron chi connectivity index (χ1n) is 10.7. The number of nitrogens with one attached hydrogen (secondary N) is 2. The zero-order valence-electron chi connectivity index (χ0n) is 18.2. The number of aromatic nitrogens is 4. The second kappa shape index (κ2) is 9.95. The highest BCUT2D eigenvalue weighted by Gasteiger charge is 2.16. The van der Waals surface area contributed by atoms with E-state index in [-0.39, 0.29) is 23.6 Å². The van der Waals surface area contributed by atoms with Gasteiger partial charge < -0.3 is 10.6 Å². The number of thioether (sulfide) groups is 1. The third-order valence-electron chi connectivity index (χ3n) is 5.43. The lowest BCUT2D eigenvalue weighted by Crippen LogP contribution is -2.28. The van der Waals surface area contributed by atoms with Crippen molar-refractivity contribution in [2.45, 2.75) is 50.7 Å². The molecular formula is C23H26N6O2S. The average molecular weight is 451 g/mol. The molecule has 1 heterocycles. The normalized spacial score (nSPS) is 13.8. The first kappa shape index (κ1) is 22.0. The van der Waals surface area contributed by atoms with Gasteiger partial charge in [-0.05, 0) is 77.9 Å². The van der Waals surface area contributed by atoms with Gasteiger partial charge in [-0.25, -0.2) is 0 Å². The van der Waals surface area contributed by atoms with Crippen molar-refractivity contribution in [1.82, 2.24) is 25.5 Å². The molecule has 3 aromatic rings. The molecule has 8 nitrogen and oxygen atoms in total. The van der Waals surface area contributed by atoms with Gasteiger partial charge in [0.25, 0.3) is 0 Å². The molecule has 2 N–H and O–H groups in total. The highest BCUT2D eigenvalue weighted by atomic mass is 32.2. The van der Waals surface area contributed by atoms with E-state index in [0.717, 1.165) is 18.4 Å². The SMILES string of the molecule is CC(=O)Nc1cccc(-n2nnnc2SCC(=O)NC(C)c2ccc3c(c2)CCCC3)c1. The van der Waals surface area contributed by atoms with Crippen molar-refractivity contribution in [3.8, 4) is 5.69 Å². The van der Waals surface area contributed by atoms with Gasteiger partial charge in [0.2, 0.25) is 17.0 Å². The Kier molecular flexibility index (Phi) is 6.84. The number of amides is 2. The molecule has 0 saturated carbocycles. The van der Waals surface area contributed by atoms with Crippen LogP contribution in [0.5, 0.6) is 0 Å². The van der Waals surface area contributed by atoms with Gasteiger partial charge in [-0.1, -0.05) is 36.0 Å². The maximum atomic E-state index is 12.6. The van der Waals surface area contributed by atoms with Crippen LogP contribution in [0.25, 0.3) is 5.69 Å². The molecule has 0 bridgehead atoms. The number of hydrogen-bond donors (Lipinski definition) is 2. The minimum atomic E-state index is -0.154. The van der Waals surface area contributed by atoms with Crippen LogP contribution in [0.1, 0.15) is 49.4 Å². The fraction of sp³-hybridized carbons (Fsp3) is 0.348. The van der Waals surface area contributed by atoms with Crippen molar-refractivity contribution >= 4 is 29.3 Å². The highest BCUT2D eigenvalue weighted by molar-refractivity contribution is 7.99. The molecule has 0 aliphatic heterocycles. The van der Waals surface area contributed by atoms with Crippen LogP contribution in [0.2, 0.25) is 0 Å². The summed E-state index contributed by atoms with van der Waals surface area (Å²) in [5.74, 6) is -0.0407. The van der Waals surface area contributed by atoms with Gasteiger partial charge in [0, 0.05) is 12.6 Å². The summed E-state index contributed by atoms with van der Waals surface area (Å²) in [6.07, 6.45) is 4.75. The van der Waals surface area contributed by atoms with Crippen molar-refractivity contribution in [1.29, 1.82) is 0 Å². The third-order valence-corrected chi connectivity index (χ3v) is 6.35. The number of rotatable bonds is 7. The Bertz CT molecular complexity index is 1130. The average Bonchev–Trinajstić information content (AvgIpc) is 3.26. The van der Waals surface area contributed by atoms with E-state index in [1.165, 1.54) is 42.7 Å². The number of carbonyl (C=O) groups excluding carboxylic acids is 2. The summed E-state index contributed by atoms with van der Waals surface area (Å²) in [4.78, 5) is 23.9. The number of carbonyl (C=O) groups is 2. The van der Waals surface area contributed by atoms with Crippen molar-refractivity contribution in [3.63, 3.8) is 0 Å². The number of hydrogen-bond acceptors (Lipinski definition) is 6. The van der Waals surface area contributed by atoms with E-state index in [1.807, 2.05) is 19.1 Å². The van der Waals surface area contributed by atoms with Crippen LogP contribution in [-0.4, -0.2) is 37.8 Å². The summed E-state index contributed by atoms with van der Waals surface area (Å²) in [7, 11) is 0. The topological polar surface area (TPSA) is 102 Å². The first-order chi connectivity index (χ1) is 15.5. The van der Waals surface area contributed by atoms with E-state index in [0.29, 0.717) is 16.5 Å². The van der Waals surface area contributed by atoms with E-state index < -0.39 is 0 Å². The minimum absolute atomic E-state index is 0.0688. The first-order valence-corrected chi connectivity index (χ1v) is 11.7. The molecule has 0 radical (unpaired) electrons. The van der Waals surface area contributed by atoms with Crippen molar-refractivity contribution in [2.75, 3.05) is 11.1 Å². The monoisotopic (exact) mass is 450 g/mol. The molecule has 166 valence electrons. The molecule has 0 fully saturated rings. The van der Waals surface area contributed by atoms with Crippen LogP contribution in [0.3, 0.4) is 0 Å². The Morgan fingerprint density at radius 2 is 1.94 bits per heavy atom. The van der Waals surface area contributed by atoms with Crippen molar-refractivity contribution in [3.05, 3.63) is 59.2 Å². The van der Waals surface area contributed by atoms with Gasteiger partial charge in [0.15, 0.2) is 0 Å². The standard InChI is InChI=1S/C23H26N6O2S/c1-15(18-11-10-17-6-3-4-7-19(17)12-18)24-22(31)14-32-23-26-27-28-29(23)21-9-5-8-20(13-21)25-16(2)30/h5,8-13,15H,3-4,6-7,14H2,1-2H3,(H,24,31)(H,25,30). The largest absolute Gasteiger partial charge is 0.349 e. The smallest absolute Gasteiger partial charge is 0.230 e. The lowest BCUT2D eigenvalue weighted by atomic mass is 9.89. The third kappa shape index (κ3) is 5.34. The van der Waals surface area contributed by atoms with E-state index in [9.17, 15) is 9.59 Å². The van der Waals surface area contributed by atoms with Crippen LogP contribution in [0, 0.1) is 0 Å². The maximum absolute atomic E-state index is 12.6. The molecule has 2 amide bonds. The predicted octanol–water partition coefficient (Wildman–Crippen LogP) is 3.47. The van der Waals surface area contributed by atoms with E-state index in [1.54, 1.807) is 16.8 Å². The number of anilines is 1. The van der Waals surface area contributed by atoms with Gasteiger partial charge in [-0.15, -0.1) is 5.10 Å². The van der Waals surface area contributed by atoms with Crippen LogP contribution in [0.15, 0.2) is 47.6 Å². The molecule has 32 heavy (non-hydrogen) atoms. The lowest BCUT2D eigenvalue weighted by molar-refractivity contribution is -0.119. The predicted molar refractivity (Wildman–Crippen MR) is 124 cm³/mol. The fourth-order valence-corrected chi connectivity index (χ4v) is 4.57. The number of nitrogens with zero attached hydrogens (tertiary/aromatic N) is 4. The number of benzene rings is 2. The Hall–Kier alpha value is -3.20. The Morgan fingerprint density at radius 1 is 1.12 bits per heavy atom. The van der Waals surface area contributed by atoms with Crippen molar-refractivity contribution in [2.24, 2.45) is 0 Å². The summed E-state index contributed by atoms with van der Waals surface area (Å²) < 4.78 is 1.55. The van der Waals surface area contributed by atoms with Crippen LogP contribution in [-0.2, 0) is 22.4 Å². The number of tetrazole rings is 1. The maximum Gasteiger partial charge on any atom is 0.230 e. The van der Waals surface area contributed by atoms with Gasteiger partial charge in [0.05, 0.1) is 17.5 Å². The molecule has 9 heteroatoms. The zero-order valence-corrected chi connectivity index (χ0v) is 19.0. The zero-order chi connectivity index (χ0) is 22.5. The molecule has 4 rings (SSSR count). The number of aryl methyl sites for hydroxylation is 2. The lowest BCUT2D eigenvalue weighted by Gasteiger charge is -2.20. The molecule has 2 aromatic carbocycles. The molecule has 1 aliphatic rings. The molecule has 1 aromatic heterocycles. The van der Waals surface area contributed by atoms with Crippen LogP contribution in [0.4, 0.5) is 5.69 Å². The van der Waals surface area contributed by atoms with Crippen LogP contribution >= 0.6 is 11.8 Å². The van der Waals surface area contributed by atoms with Gasteiger partial charge in [-0.2, -0.15) is 4.68 Å². The Morgan fingerprint density at radius 3 is 2.75 bits per heavy atom. The molecule has 1 atom stereocenters. The second-order valence-corrected chi connectivity index (χ2v) is 8.86. The summed E-state index contributed by atoms with van der Waals surface area (Å²) in [5.41, 5.74) is 5.32. The van der Waals surface area contributed by atoms with E-state index in [4.69, 9.17) is 0 Å². The fourth-order valence-electron chi connectivity index (χ4n) is 3.87. The quantitative estimate of drug-likeness (QED) is 0.535. The Balaban J connectivity index is 1.37. The Labute approximate surface area is 191 Å². The summed E-state index contributed by atoms with van der Waals surface area (Å²) in [6.45, 7) is 3.46. The van der Waals surface area contributed by atoms with Gasteiger partial charge in [-0.3, -0.25) is 9.59 Å². The van der Waals surface area contributed by atoms with E-state index in [2.05, 4.69) is 44.4 Å². The number of fused-ring (bicyclic) bond motifs is 1. The van der Waals surface area contributed by atoms with Gasteiger partial charge in [0.1, 0.15) is 0 Å². The second-order valence-electron chi connectivity index (χ2n) is 7.92. The molecule has 0 saturated heterocycles. The molecular weight excluding hydrogens is 424 g/mol. The molecule has 1 aliphatic carbocycles. The molecule has 1 unspecified atom stereocenters. The minimum Gasteiger partial charge on any atom is -0.349 e. The van der Waals surface area contributed by atoms with Crippen LogP contribution < -0.4 is 10.6 Å². The summed E-state index contributed by atoms with van der Waals surface area (Å²) >= 11 is 1.26. The van der Waals surface area contributed by atoms with Gasteiger partial charge >= 0.3 is 0 Å². The highest BCUT2D eigenvalue weighted by Crippen LogP contribution is 2.25. The van der Waals surface area contributed by atoms with E-state index >= 15 is 0 Å².